The predicted molar refractivity (Wildman–Crippen MR) is 131 cm³/mol. The lowest BCUT2D eigenvalue weighted by Crippen LogP contribution is -2.42. The molecule has 7 heteroatoms. The van der Waals surface area contributed by atoms with Crippen molar-refractivity contribution in [2.75, 3.05) is 13.2 Å². The maximum absolute atomic E-state index is 12.8. The van der Waals surface area contributed by atoms with Crippen molar-refractivity contribution in [2.45, 2.75) is 59.0 Å². The van der Waals surface area contributed by atoms with Crippen LogP contribution in [-0.2, 0) is 0 Å². The van der Waals surface area contributed by atoms with E-state index < -0.39 is 0 Å². The highest BCUT2D eigenvalue weighted by molar-refractivity contribution is 6.34. The Morgan fingerprint density at radius 1 is 0.969 bits per heavy atom. The molecule has 2 rings (SSSR count). The summed E-state index contributed by atoms with van der Waals surface area (Å²) in [5.74, 6) is 6.57. The largest absolute Gasteiger partial charge is 0.494 e. The smallest absolute Gasteiger partial charge is 0.255 e. The summed E-state index contributed by atoms with van der Waals surface area (Å²) in [6.07, 6.45) is 4.42. The molecule has 0 saturated carbocycles. The molecule has 0 aliphatic carbocycles. The summed E-state index contributed by atoms with van der Waals surface area (Å²) in [7, 11) is 0. The van der Waals surface area contributed by atoms with Gasteiger partial charge in [0.15, 0.2) is 0 Å². The minimum absolute atomic E-state index is 0.0614. The first-order chi connectivity index (χ1) is 15.3. The Hall–Kier alpha value is -2.73. The average Bonchev–Trinajstić information content (AvgIpc) is 2.74. The van der Waals surface area contributed by atoms with Crippen molar-refractivity contribution < 1.29 is 14.3 Å². The van der Waals surface area contributed by atoms with E-state index in [2.05, 4.69) is 5.10 Å². The Kier molecular flexibility index (Phi) is 10.3. The maximum Gasteiger partial charge on any atom is 0.255 e. The third-order valence-corrected chi connectivity index (χ3v) is 5.26. The van der Waals surface area contributed by atoms with E-state index in [0.717, 1.165) is 30.6 Å². The van der Waals surface area contributed by atoms with E-state index in [0.29, 0.717) is 29.5 Å². The molecule has 0 saturated heterocycles. The third kappa shape index (κ3) is 7.75. The van der Waals surface area contributed by atoms with Crippen LogP contribution in [0, 0.1) is 0 Å². The van der Waals surface area contributed by atoms with Crippen LogP contribution in [-0.4, -0.2) is 42.3 Å². The van der Waals surface area contributed by atoms with Gasteiger partial charge < -0.3 is 20.2 Å². The zero-order chi connectivity index (χ0) is 23.5. The van der Waals surface area contributed by atoms with Gasteiger partial charge >= 0.3 is 0 Å². The van der Waals surface area contributed by atoms with Gasteiger partial charge in [0.05, 0.1) is 30.0 Å². The van der Waals surface area contributed by atoms with Crippen molar-refractivity contribution in [1.29, 1.82) is 0 Å². The topological polar surface area (TPSA) is 77.2 Å². The van der Waals surface area contributed by atoms with Crippen molar-refractivity contribution >= 4 is 23.7 Å². The molecule has 2 N–H and O–H groups in total. The highest BCUT2D eigenvalue weighted by atomic mass is 35.5. The van der Waals surface area contributed by atoms with Crippen molar-refractivity contribution in [3.63, 3.8) is 0 Å². The summed E-state index contributed by atoms with van der Waals surface area (Å²) >= 11 is 6.39. The van der Waals surface area contributed by atoms with Crippen LogP contribution in [0.1, 0.15) is 62.9 Å². The highest BCUT2D eigenvalue weighted by Crippen LogP contribution is 2.25. The molecule has 0 radical (unpaired) electrons. The molecule has 0 spiro atoms. The molecule has 2 aromatic rings. The average molecular weight is 460 g/mol. The van der Waals surface area contributed by atoms with Gasteiger partial charge in [-0.3, -0.25) is 4.79 Å². The molecule has 0 fully saturated rings. The van der Waals surface area contributed by atoms with Gasteiger partial charge in [0, 0.05) is 12.1 Å². The van der Waals surface area contributed by atoms with Crippen LogP contribution in [0.25, 0.3) is 0 Å². The lowest BCUT2D eigenvalue weighted by Gasteiger charge is -2.31. The number of rotatable bonds is 12. The minimum atomic E-state index is -0.0614. The molecule has 32 heavy (non-hydrogen) atoms. The zero-order valence-corrected chi connectivity index (χ0v) is 20.1. The summed E-state index contributed by atoms with van der Waals surface area (Å²) in [5.41, 5.74) is 1.44. The second-order valence-electron chi connectivity index (χ2n) is 8.15. The van der Waals surface area contributed by atoms with E-state index in [1.807, 2.05) is 56.9 Å². The van der Waals surface area contributed by atoms with Crippen molar-refractivity contribution in [3.8, 4) is 11.5 Å². The molecular formula is C25H34ClN3O3. The van der Waals surface area contributed by atoms with E-state index in [1.165, 1.54) is 0 Å². The molecule has 0 aliphatic rings. The molecule has 0 atom stereocenters. The number of ether oxygens (including phenoxy) is 2. The van der Waals surface area contributed by atoms with Gasteiger partial charge in [0.2, 0.25) is 0 Å². The number of amides is 1. The number of hydrogen-bond donors (Lipinski definition) is 1. The van der Waals surface area contributed by atoms with Crippen molar-refractivity contribution in [3.05, 3.63) is 58.6 Å². The van der Waals surface area contributed by atoms with Crippen molar-refractivity contribution in [1.82, 2.24) is 4.90 Å². The SMILES string of the molecule is CC(C)N(C(=O)c1ccc(OCCCCCOc2ccc(C=NN)cc2)cc1Cl)C(C)C. The Balaban J connectivity index is 1.72. The Morgan fingerprint density at radius 3 is 2.06 bits per heavy atom. The molecule has 0 heterocycles. The minimum Gasteiger partial charge on any atom is -0.494 e. The number of nitrogens with two attached hydrogens (primary N) is 1. The summed E-state index contributed by atoms with van der Waals surface area (Å²) in [4.78, 5) is 14.7. The molecule has 1 amide bonds. The fourth-order valence-electron chi connectivity index (χ4n) is 3.46. The van der Waals surface area contributed by atoms with Crippen LogP contribution in [0.3, 0.4) is 0 Å². The number of nitrogens with zero attached hydrogens (tertiary/aromatic N) is 2. The molecule has 0 aliphatic heterocycles. The summed E-state index contributed by atoms with van der Waals surface area (Å²) in [6.45, 7) is 9.24. The van der Waals surface area contributed by atoms with Gasteiger partial charge in [-0.05, 0) is 95.0 Å². The fraction of sp³-hybridized carbons (Fsp3) is 0.440. The lowest BCUT2D eigenvalue weighted by molar-refractivity contribution is 0.0644. The maximum atomic E-state index is 12.8. The van der Waals surface area contributed by atoms with Crippen LogP contribution in [0.4, 0.5) is 0 Å². The monoisotopic (exact) mass is 459 g/mol. The Labute approximate surface area is 196 Å². The molecule has 0 bridgehead atoms. The number of carbonyl (C=O) groups is 1. The summed E-state index contributed by atoms with van der Waals surface area (Å²) < 4.78 is 11.5. The summed E-state index contributed by atoms with van der Waals surface area (Å²) in [6, 6.07) is 13.1. The van der Waals surface area contributed by atoms with Gasteiger partial charge in [0.1, 0.15) is 11.5 Å². The molecule has 0 unspecified atom stereocenters. The van der Waals surface area contributed by atoms with Crippen LogP contribution in [0.5, 0.6) is 11.5 Å². The molecule has 6 nitrogen and oxygen atoms in total. The zero-order valence-electron chi connectivity index (χ0n) is 19.4. The number of hydrazone groups is 1. The van der Waals surface area contributed by atoms with Gasteiger partial charge in [-0.2, -0.15) is 5.10 Å². The van der Waals surface area contributed by atoms with Crippen LogP contribution < -0.4 is 15.3 Å². The normalized spacial score (nSPS) is 11.3. The predicted octanol–water partition coefficient (Wildman–Crippen LogP) is 5.52. The first kappa shape index (κ1) is 25.5. The number of carbonyl (C=O) groups excluding carboxylic acids is 1. The van der Waals surface area contributed by atoms with E-state index in [-0.39, 0.29) is 18.0 Å². The molecule has 174 valence electrons. The number of hydrogen-bond acceptors (Lipinski definition) is 5. The Bertz CT molecular complexity index is 875. The van der Waals surface area contributed by atoms with Crippen LogP contribution in [0.2, 0.25) is 5.02 Å². The number of halogens is 1. The lowest BCUT2D eigenvalue weighted by atomic mass is 10.1. The van der Waals surface area contributed by atoms with E-state index in [1.54, 1.807) is 24.4 Å². The third-order valence-electron chi connectivity index (χ3n) is 4.95. The van der Waals surface area contributed by atoms with Crippen LogP contribution >= 0.6 is 11.6 Å². The molecule has 2 aromatic carbocycles. The van der Waals surface area contributed by atoms with E-state index in [9.17, 15) is 4.79 Å². The van der Waals surface area contributed by atoms with Crippen LogP contribution in [0.15, 0.2) is 47.6 Å². The summed E-state index contributed by atoms with van der Waals surface area (Å²) in [5, 5.41) is 3.91. The standard InChI is InChI=1S/C25H34ClN3O3/c1-18(2)29(19(3)4)25(30)23-13-12-22(16-24(23)26)32-15-7-5-6-14-31-21-10-8-20(9-11-21)17-28-27/h8-13,16-19H,5-7,14-15,27H2,1-4H3. The van der Waals surface area contributed by atoms with E-state index in [4.69, 9.17) is 26.9 Å². The van der Waals surface area contributed by atoms with Gasteiger partial charge in [-0.1, -0.05) is 11.6 Å². The van der Waals surface area contributed by atoms with Gasteiger partial charge in [-0.15, -0.1) is 0 Å². The first-order valence-electron chi connectivity index (χ1n) is 11.0. The fourth-order valence-corrected chi connectivity index (χ4v) is 3.71. The first-order valence-corrected chi connectivity index (χ1v) is 11.4. The number of benzene rings is 2. The highest BCUT2D eigenvalue weighted by Gasteiger charge is 2.23. The van der Waals surface area contributed by atoms with Gasteiger partial charge in [-0.25, -0.2) is 0 Å². The van der Waals surface area contributed by atoms with E-state index >= 15 is 0 Å². The van der Waals surface area contributed by atoms with Crippen molar-refractivity contribution in [2.24, 2.45) is 10.9 Å². The second kappa shape index (κ2) is 13.0. The second-order valence-corrected chi connectivity index (χ2v) is 8.55. The van der Waals surface area contributed by atoms with Gasteiger partial charge in [0.25, 0.3) is 5.91 Å². The Morgan fingerprint density at radius 2 is 1.53 bits per heavy atom. The molecule has 0 aromatic heterocycles. The number of unbranched alkanes of at least 4 members (excludes halogenated alkanes) is 2. The quantitative estimate of drug-likeness (QED) is 0.196. The molecular weight excluding hydrogens is 426 g/mol.